The summed E-state index contributed by atoms with van der Waals surface area (Å²) in [7, 11) is 2.11. The van der Waals surface area contributed by atoms with E-state index in [4.69, 9.17) is 5.73 Å². The fraction of sp³-hybridized carbons (Fsp3) is 0.455. The Balaban J connectivity index is 0.000000366. The molecule has 6 heteroatoms. The zero-order valence-corrected chi connectivity index (χ0v) is 11.9. The molecule has 0 spiro atoms. The number of benzene rings is 1. The van der Waals surface area contributed by atoms with Crippen molar-refractivity contribution in [1.29, 1.82) is 0 Å². The number of hydrogen-bond acceptors (Lipinski definition) is 4. The molecule has 0 unspecified atom stereocenters. The summed E-state index contributed by atoms with van der Waals surface area (Å²) in [6.07, 6.45) is 0. The number of anilines is 1. The van der Waals surface area contributed by atoms with Crippen LogP contribution in [0.1, 0.15) is 13.8 Å². The smallest absolute Gasteiger partial charge is 0.283 e. The molecule has 1 aromatic carbocycles. The van der Waals surface area contributed by atoms with E-state index in [0.29, 0.717) is 10.2 Å². The van der Waals surface area contributed by atoms with Crippen LogP contribution in [0.15, 0.2) is 22.7 Å². The standard InChI is InChI=1S/C6H5BrN2O2.C5H13N/c7-5-3-4(8)1-2-6(5)9(10)11;1-4-6(3)5-2/h1-3H,8H2;4-5H2,1-3H3. The SMILES string of the molecule is CCN(C)CC.Nc1ccc([N+](=O)[O-])c(Br)c1. The normalized spacial score (nSPS) is 9.71. The van der Waals surface area contributed by atoms with Crippen LogP contribution in [0.5, 0.6) is 0 Å². The first-order valence-corrected chi connectivity index (χ1v) is 6.09. The Bertz CT molecular complexity index is 368. The highest BCUT2D eigenvalue weighted by atomic mass is 79.9. The Hall–Kier alpha value is -1.14. The van der Waals surface area contributed by atoms with E-state index in [1.165, 1.54) is 18.2 Å². The molecule has 1 rings (SSSR count). The fourth-order valence-corrected chi connectivity index (χ4v) is 1.44. The van der Waals surface area contributed by atoms with Gasteiger partial charge in [0, 0.05) is 11.8 Å². The van der Waals surface area contributed by atoms with Crippen molar-refractivity contribution in [2.24, 2.45) is 0 Å². The highest BCUT2D eigenvalue weighted by Gasteiger charge is 2.09. The molecule has 0 amide bonds. The van der Waals surface area contributed by atoms with Crippen molar-refractivity contribution >= 4 is 27.3 Å². The molecule has 0 atom stereocenters. The third kappa shape index (κ3) is 6.23. The molecule has 0 saturated heterocycles. The van der Waals surface area contributed by atoms with Gasteiger partial charge in [0.25, 0.3) is 5.69 Å². The summed E-state index contributed by atoms with van der Waals surface area (Å²) in [4.78, 5) is 12.0. The van der Waals surface area contributed by atoms with Crippen LogP contribution in [-0.2, 0) is 0 Å². The lowest BCUT2D eigenvalue weighted by molar-refractivity contribution is -0.385. The maximum atomic E-state index is 10.3. The Morgan fingerprint density at radius 2 is 1.94 bits per heavy atom. The van der Waals surface area contributed by atoms with E-state index in [1.54, 1.807) is 0 Å². The summed E-state index contributed by atoms with van der Waals surface area (Å²) in [5.74, 6) is 0. The number of nitrogen functional groups attached to an aromatic ring is 1. The van der Waals surface area contributed by atoms with Gasteiger partial charge in [0.15, 0.2) is 0 Å². The van der Waals surface area contributed by atoms with E-state index in [1.807, 2.05) is 0 Å². The van der Waals surface area contributed by atoms with E-state index < -0.39 is 4.92 Å². The van der Waals surface area contributed by atoms with Crippen LogP contribution in [0.4, 0.5) is 11.4 Å². The molecule has 17 heavy (non-hydrogen) atoms. The maximum absolute atomic E-state index is 10.3. The molecular weight excluding hydrogens is 286 g/mol. The predicted octanol–water partition coefficient (Wildman–Crippen LogP) is 2.90. The van der Waals surface area contributed by atoms with Crippen LogP contribution in [0.25, 0.3) is 0 Å². The average Bonchev–Trinajstić information content (AvgIpc) is 2.28. The van der Waals surface area contributed by atoms with Crippen molar-refractivity contribution in [1.82, 2.24) is 4.90 Å². The van der Waals surface area contributed by atoms with Gasteiger partial charge in [-0.15, -0.1) is 0 Å². The Kier molecular flexibility index (Phi) is 7.49. The van der Waals surface area contributed by atoms with Crippen LogP contribution in [0.3, 0.4) is 0 Å². The molecule has 0 aliphatic heterocycles. The minimum atomic E-state index is -0.469. The quantitative estimate of drug-likeness (QED) is 0.529. The van der Waals surface area contributed by atoms with Crippen LogP contribution < -0.4 is 5.73 Å². The van der Waals surface area contributed by atoms with Crippen molar-refractivity contribution in [3.05, 3.63) is 32.8 Å². The largest absolute Gasteiger partial charge is 0.399 e. The van der Waals surface area contributed by atoms with E-state index in [0.717, 1.165) is 13.1 Å². The van der Waals surface area contributed by atoms with Gasteiger partial charge >= 0.3 is 0 Å². The lowest BCUT2D eigenvalue weighted by Crippen LogP contribution is -2.15. The summed E-state index contributed by atoms with van der Waals surface area (Å²) < 4.78 is 0.405. The van der Waals surface area contributed by atoms with Gasteiger partial charge in [0.05, 0.1) is 9.40 Å². The Morgan fingerprint density at radius 1 is 1.41 bits per heavy atom. The molecule has 0 saturated carbocycles. The minimum Gasteiger partial charge on any atom is -0.399 e. The zero-order chi connectivity index (χ0) is 13.4. The minimum absolute atomic E-state index is 0.0270. The summed E-state index contributed by atoms with van der Waals surface area (Å²) in [6, 6.07) is 4.35. The molecule has 0 fully saturated rings. The molecule has 0 heterocycles. The number of rotatable bonds is 3. The summed E-state index contributed by atoms with van der Waals surface area (Å²) in [5, 5.41) is 10.3. The Morgan fingerprint density at radius 3 is 2.24 bits per heavy atom. The summed E-state index contributed by atoms with van der Waals surface area (Å²) in [5.41, 5.74) is 5.90. The van der Waals surface area contributed by atoms with Gasteiger partial charge in [-0.3, -0.25) is 10.1 Å². The van der Waals surface area contributed by atoms with Crippen molar-refractivity contribution in [3.8, 4) is 0 Å². The number of nitrogens with zero attached hydrogens (tertiary/aromatic N) is 2. The van der Waals surface area contributed by atoms with Crippen LogP contribution in [0.2, 0.25) is 0 Å². The monoisotopic (exact) mass is 303 g/mol. The molecule has 0 aliphatic rings. The number of nitro benzene ring substituents is 1. The highest BCUT2D eigenvalue weighted by Crippen LogP contribution is 2.26. The third-order valence-electron chi connectivity index (χ3n) is 2.25. The molecule has 2 N–H and O–H groups in total. The lowest BCUT2D eigenvalue weighted by atomic mass is 10.3. The number of nitro groups is 1. The van der Waals surface area contributed by atoms with Gasteiger partial charge in [-0.2, -0.15) is 0 Å². The molecule has 0 bridgehead atoms. The first-order valence-electron chi connectivity index (χ1n) is 5.30. The fourth-order valence-electron chi connectivity index (χ4n) is 0.895. The summed E-state index contributed by atoms with van der Waals surface area (Å²) >= 11 is 3.03. The van der Waals surface area contributed by atoms with Gasteiger partial charge in [-0.1, -0.05) is 13.8 Å². The van der Waals surface area contributed by atoms with E-state index in [9.17, 15) is 10.1 Å². The molecule has 0 aromatic heterocycles. The van der Waals surface area contributed by atoms with Crippen LogP contribution in [0, 0.1) is 10.1 Å². The second kappa shape index (κ2) is 8.03. The van der Waals surface area contributed by atoms with Gasteiger partial charge in [-0.25, -0.2) is 0 Å². The number of hydrogen-bond donors (Lipinski definition) is 1. The van der Waals surface area contributed by atoms with Crippen LogP contribution in [-0.4, -0.2) is 30.0 Å². The number of nitrogens with two attached hydrogens (primary N) is 1. The molecular formula is C11H18BrN3O2. The molecule has 0 radical (unpaired) electrons. The Labute approximate surface area is 110 Å². The van der Waals surface area contributed by atoms with Gasteiger partial charge in [0.1, 0.15) is 0 Å². The van der Waals surface area contributed by atoms with E-state index in [-0.39, 0.29) is 5.69 Å². The molecule has 5 nitrogen and oxygen atoms in total. The van der Waals surface area contributed by atoms with Crippen molar-refractivity contribution in [2.45, 2.75) is 13.8 Å². The van der Waals surface area contributed by atoms with Gasteiger partial charge in [-0.05, 0) is 48.2 Å². The molecule has 0 aliphatic carbocycles. The van der Waals surface area contributed by atoms with Gasteiger partial charge < -0.3 is 10.6 Å². The van der Waals surface area contributed by atoms with E-state index in [2.05, 4.69) is 41.7 Å². The van der Waals surface area contributed by atoms with E-state index >= 15 is 0 Å². The highest BCUT2D eigenvalue weighted by molar-refractivity contribution is 9.10. The second-order valence-electron chi connectivity index (χ2n) is 3.46. The first kappa shape index (κ1) is 15.9. The average molecular weight is 304 g/mol. The third-order valence-corrected chi connectivity index (χ3v) is 2.88. The first-order chi connectivity index (χ1) is 7.92. The van der Waals surface area contributed by atoms with Crippen molar-refractivity contribution in [3.63, 3.8) is 0 Å². The second-order valence-corrected chi connectivity index (χ2v) is 4.31. The summed E-state index contributed by atoms with van der Waals surface area (Å²) in [6.45, 7) is 6.64. The topological polar surface area (TPSA) is 72.4 Å². The van der Waals surface area contributed by atoms with Crippen molar-refractivity contribution in [2.75, 3.05) is 25.9 Å². The maximum Gasteiger partial charge on any atom is 0.283 e. The van der Waals surface area contributed by atoms with Crippen LogP contribution >= 0.6 is 15.9 Å². The van der Waals surface area contributed by atoms with Crippen molar-refractivity contribution < 1.29 is 4.92 Å². The lowest BCUT2D eigenvalue weighted by Gasteiger charge is -2.07. The molecule has 96 valence electrons. The molecule has 1 aromatic rings. The number of halogens is 1. The van der Waals surface area contributed by atoms with Gasteiger partial charge in [0.2, 0.25) is 0 Å². The zero-order valence-electron chi connectivity index (χ0n) is 10.3. The predicted molar refractivity (Wildman–Crippen MR) is 74.1 cm³/mol.